The number of esters is 1. The number of nitrogens with zero attached hydrogens (tertiary/aromatic N) is 1. The Kier molecular flexibility index (Phi) is 5.35. The van der Waals surface area contributed by atoms with E-state index in [2.05, 4.69) is 4.74 Å². The van der Waals surface area contributed by atoms with Crippen LogP contribution < -0.4 is 0 Å². The van der Waals surface area contributed by atoms with Crippen molar-refractivity contribution in [2.45, 2.75) is 19.6 Å². The second-order valence-electron chi connectivity index (χ2n) is 4.07. The first-order chi connectivity index (χ1) is 8.87. The van der Waals surface area contributed by atoms with Crippen LogP contribution in [0, 0.1) is 0 Å². The van der Waals surface area contributed by atoms with Crippen LogP contribution in [0.3, 0.4) is 0 Å². The van der Waals surface area contributed by atoms with Crippen molar-refractivity contribution in [2.24, 2.45) is 0 Å². The number of rotatable bonds is 5. The van der Waals surface area contributed by atoms with E-state index in [1.807, 2.05) is 0 Å². The molecule has 0 saturated heterocycles. The van der Waals surface area contributed by atoms with Crippen LogP contribution in [0.25, 0.3) is 0 Å². The van der Waals surface area contributed by atoms with Crippen molar-refractivity contribution in [1.29, 1.82) is 0 Å². The number of hydrogen-bond acceptors (Lipinski definition) is 3. The van der Waals surface area contributed by atoms with Crippen molar-refractivity contribution >= 4 is 5.97 Å². The molecule has 6 heteroatoms. The van der Waals surface area contributed by atoms with Gasteiger partial charge in [-0.05, 0) is 18.2 Å². The molecule has 106 valence electrons. The summed E-state index contributed by atoms with van der Waals surface area (Å²) in [5, 5.41) is 0. The number of alkyl halides is 3. The van der Waals surface area contributed by atoms with Gasteiger partial charge in [0.05, 0.1) is 19.2 Å². The number of carbonyl (C=O) groups is 1. The molecule has 19 heavy (non-hydrogen) atoms. The van der Waals surface area contributed by atoms with E-state index < -0.39 is 18.7 Å². The Bertz CT molecular complexity index is 432. The number of carbonyl (C=O) groups excluding carboxylic acids is 1. The van der Waals surface area contributed by atoms with Gasteiger partial charge >= 0.3 is 12.1 Å². The van der Waals surface area contributed by atoms with E-state index in [-0.39, 0.29) is 13.1 Å². The smallest absolute Gasteiger partial charge is 0.401 e. The maximum atomic E-state index is 12.4. The third kappa shape index (κ3) is 4.90. The summed E-state index contributed by atoms with van der Waals surface area (Å²) >= 11 is 0. The SMILES string of the molecule is CCN(Cc1ccccc1C(=O)OC)CC(F)(F)F. The molecule has 0 saturated carbocycles. The zero-order valence-corrected chi connectivity index (χ0v) is 10.8. The summed E-state index contributed by atoms with van der Waals surface area (Å²) in [5.74, 6) is -0.543. The fourth-order valence-electron chi connectivity index (χ4n) is 1.74. The number of benzene rings is 1. The van der Waals surface area contributed by atoms with Crippen LogP contribution in [0.4, 0.5) is 13.2 Å². The van der Waals surface area contributed by atoms with Gasteiger partial charge in [0.1, 0.15) is 0 Å². The number of hydrogen-bond donors (Lipinski definition) is 0. The summed E-state index contributed by atoms with van der Waals surface area (Å²) in [6.45, 7) is 0.946. The summed E-state index contributed by atoms with van der Waals surface area (Å²) in [6, 6.07) is 6.51. The van der Waals surface area contributed by atoms with Gasteiger partial charge in [0.25, 0.3) is 0 Å². The van der Waals surface area contributed by atoms with Crippen molar-refractivity contribution < 1.29 is 22.7 Å². The molecule has 0 atom stereocenters. The van der Waals surface area contributed by atoms with E-state index in [4.69, 9.17) is 0 Å². The van der Waals surface area contributed by atoms with Gasteiger partial charge in [-0.1, -0.05) is 25.1 Å². The maximum Gasteiger partial charge on any atom is 0.401 e. The maximum absolute atomic E-state index is 12.4. The second kappa shape index (κ2) is 6.56. The monoisotopic (exact) mass is 275 g/mol. The Morgan fingerprint density at radius 2 is 1.95 bits per heavy atom. The summed E-state index contributed by atoms with van der Waals surface area (Å²) in [5.41, 5.74) is 0.825. The van der Waals surface area contributed by atoms with Crippen LogP contribution in [0.2, 0.25) is 0 Å². The molecule has 0 radical (unpaired) electrons. The summed E-state index contributed by atoms with van der Waals surface area (Å²) in [7, 11) is 1.24. The van der Waals surface area contributed by atoms with E-state index in [1.54, 1.807) is 31.2 Å². The number of ether oxygens (including phenoxy) is 1. The Morgan fingerprint density at radius 3 is 2.47 bits per heavy atom. The lowest BCUT2D eigenvalue weighted by atomic mass is 10.1. The first kappa shape index (κ1) is 15.5. The topological polar surface area (TPSA) is 29.5 Å². The predicted octanol–water partition coefficient (Wildman–Crippen LogP) is 2.86. The van der Waals surface area contributed by atoms with Crippen LogP contribution in [0.1, 0.15) is 22.8 Å². The van der Waals surface area contributed by atoms with Crippen molar-refractivity contribution in [3.8, 4) is 0 Å². The zero-order valence-electron chi connectivity index (χ0n) is 10.8. The van der Waals surface area contributed by atoms with Crippen molar-refractivity contribution in [3.63, 3.8) is 0 Å². The molecule has 0 aromatic heterocycles. The highest BCUT2D eigenvalue weighted by molar-refractivity contribution is 5.90. The molecule has 0 heterocycles. The van der Waals surface area contributed by atoms with Gasteiger partial charge in [0.15, 0.2) is 0 Å². The van der Waals surface area contributed by atoms with Gasteiger partial charge in [-0.3, -0.25) is 4.90 Å². The van der Waals surface area contributed by atoms with E-state index in [0.29, 0.717) is 11.1 Å². The minimum absolute atomic E-state index is 0.0568. The van der Waals surface area contributed by atoms with Crippen LogP contribution in [0.15, 0.2) is 24.3 Å². The molecule has 1 aromatic rings. The first-order valence-corrected chi connectivity index (χ1v) is 5.82. The molecule has 1 rings (SSSR count). The van der Waals surface area contributed by atoms with E-state index >= 15 is 0 Å². The van der Waals surface area contributed by atoms with Gasteiger partial charge in [0.2, 0.25) is 0 Å². The normalized spacial score (nSPS) is 11.7. The lowest BCUT2D eigenvalue weighted by Crippen LogP contribution is -2.34. The molecule has 0 bridgehead atoms. The molecule has 3 nitrogen and oxygen atoms in total. The van der Waals surface area contributed by atoms with Gasteiger partial charge in [0, 0.05) is 6.54 Å². The molecular formula is C13H16F3NO2. The largest absolute Gasteiger partial charge is 0.465 e. The minimum atomic E-state index is -4.25. The molecule has 0 N–H and O–H groups in total. The van der Waals surface area contributed by atoms with E-state index in [0.717, 1.165) is 0 Å². The fourth-order valence-corrected chi connectivity index (χ4v) is 1.74. The first-order valence-electron chi connectivity index (χ1n) is 5.82. The van der Waals surface area contributed by atoms with E-state index in [1.165, 1.54) is 12.0 Å². The highest BCUT2D eigenvalue weighted by atomic mass is 19.4. The van der Waals surface area contributed by atoms with Gasteiger partial charge in [-0.2, -0.15) is 13.2 Å². The third-order valence-corrected chi connectivity index (χ3v) is 2.67. The Morgan fingerprint density at radius 1 is 1.32 bits per heavy atom. The summed E-state index contributed by atoms with van der Waals surface area (Å²) < 4.78 is 41.8. The molecule has 1 aromatic carbocycles. The van der Waals surface area contributed by atoms with Crippen molar-refractivity contribution in [2.75, 3.05) is 20.2 Å². The molecule has 0 aliphatic heterocycles. The summed E-state index contributed by atoms with van der Waals surface area (Å²) in [6.07, 6.45) is -4.25. The molecule has 0 unspecified atom stereocenters. The zero-order chi connectivity index (χ0) is 14.5. The molecular weight excluding hydrogens is 259 g/mol. The van der Waals surface area contributed by atoms with Gasteiger partial charge in [-0.25, -0.2) is 4.79 Å². The average Bonchev–Trinajstić information content (AvgIpc) is 2.36. The molecule has 0 amide bonds. The fraction of sp³-hybridized carbons (Fsp3) is 0.462. The number of halogens is 3. The molecule has 0 spiro atoms. The Balaban J connectivity index is 2.88. The van der Waals surface area contributed by atoms with Crippen LogP contribution in [-0.2, 0) is 11.3 Å². The van der Waals surface area contributed by atoms with Gasteiger partial charge in [-0.15, -0.1) is 0 Å². The predicted molar refractivity (Wildman–Crippen MR) is 64.8 cm³/mol. The van der Waals surface area contributed by atoms with Crippen molar-refractivity contribution in [1.82, 2.24) is 4.90 Å². The van der Waals surface area contributed by atoms with E-state index in [9.17, 15) is 18.0 Å². The highest BCUT2D eigenvalue weighted by Gasteiger charge is 2.30. The summed E-state index contributed by atoms with van der Waals surface area (Å²) in [4.78, 5) is 12.8. The lowest BCUT2D eigenvalue weighted by Gasteiger charge is -2.22. The van der Waals surface area contributed by atoms with Gasteiger partial charge < -0.3 is 4.74 Å². The highest BCUT2D eigenvalue weighted by Crippen LogP contribution is 2.19. The quantitative estimate of drug-likeness (QED) is 0.774. The number of methoxy groups -OCH3 is 1. The van der Waals surface area contributed by atoms with Crippen molar-refractivity contribution in [3.05, 3.63) is 35.4 Å². The Labute approximate surface area is 110 Å². The van der Waals surface area contributed by atoms with Crippen LogP contribution >= 0.6 is 0 Å². The Hall–Kier alpha value is -1.56. The lowest BCUT2D eigenvalue weighted by molar-refractivity contribution is -0.146. The minimum Gasteiger partial charge on any atom is -0.465 e. The average molecular weight is 275 g/mol. The molecule has 0 aliphatic rings. The standard InChI is InChI=1S/C13H16F3NO2/c1-3-17(9-13(14,15)16)8-10-6-4-5-7-11(10)12(18)19-2/h4-7H,3,8-9H2,1-2H3. The molecule has 0 aliphatic carbocycles. The van der Waals surface area contributed by atoms with Crippen LogP contribution in [-0.4, -0.2) is 37.2 Å². The van der Waals surface area contributed by atoms with Crippen LogP contribution in [0.5, 0.6) is 0 Å². The third-order valence-electron chi connectivity index (χ3n) is 2.67. The molecule has 0 fully saturated rings. The second-order valence-corrected chi connectivity index (χ2v) is 4.07.